The van der Waals surface area contributed by atoms with E-state index in [4.69, 9.17) is 0 Å². The molecule has 3 fully saturated rings. The minimum absolute atomic E-state index is 0.218. The molecule has 0 aliphatic carbocycles. The van der Waals surface area contributed by atoms with Crippen LogP contribution in [0.15, 0.2) is 24.3 Å². The molecule has 4 nitrogen and oxygen atoms in total. The Balaban J connectivity index is 1.31. The van der Waals surface area contributed by atoms with Crippen molar-refractivity contribution in [1.29, 1.82) is 0 Å². The fraction of sp³-hybridized carbons (Fsp3) is 0.682. The third kappa shape index (κ3) is 4.12. The number of amides is 1. The van der Waals surface area contributed by atoms with Crippen LogP contribution in [-0.4, -0.2) is 61.0 Å². The van der Waals surface area contributed by atoms with E-state index in [1.54, 1.807) is 0 Å². The molecular formula is C22H33N3O. The van der Waals surface area contributed by atoms with Gasteiger partial charge in [-0.05, 0) is 81.8 Å². The van der Waals surface area contributed by atoms with Gasteiger partial charge in [-0.15, -0.1) is 0 Å². The summed E-state index contributed by atoms with van der Waals surface area (Å²) < 4.78 is 0. The van der Waals surface area contributed by atoms with Crippen LogP contribution in [0.2, 0.25) is 0 Å². The second-order valence-corrected chi connectivity index (χ2v) is 8.29. The summed E-state index contributed by atoms with van der Waals surface area (Å²) in [7, 11) is 0. The summed E-state index contributed by atoms with van der Waals surface area (Å²) in [5.74, 6) is 0.823. The fourth-order valence-electron chi connectivity index (χ4n) is 4.93. The average molecular weight is 356 g/mol. The van der Waals surface area contributed by atoms with E-state index in [0.29, 0.717) is 12.0 Å². The molecule has 3 aliphatic rings. The predicted octanol–water partition coefficient (Wildman–Crippen LogP) is 3.24. The summed E-state index contributed by atoms with van der Waals surface area (Å²) in [6.45, 7) is 6.55. The first-order valence-corrected chi connectivity index (χ1v) is 10.7. The largest absolute Gasteiger partial charge is 0.339 e. The van der Waals surface area contributed by atoms with Gasteiger partial charge in [-0.25, -0.2) is 0 Å². The molecule has 0 saturated carbocycles. The molecule has 3 saturated heterocycles. The predicted molar refractivity (Wildman–Crippen MR) is 106 cm³/mol. The van der Waals surface area contributed by atoms with Gasteiger partial charge >= 0.3 is 0 Å². The van der Waals surface area contributed by atoms with E-state index < -0.39 is 0 Å². The summed E-state index contributed by atoms with van der Waals surface area (Å²) in [6, 6.07) is 9.13. The third-order valence-corrected chi connectivity index (χ3v) is 6.58. The van der Waals surface area contributed by atoms with E-state index >= 15 is 0 Å². The van der Waals surface area contributed by atoms with Crippen LogP contribution in [0, 0.1) is 0 Å². The zero-order valence-corrected chi connectivity index (χ0v) is 16.0. The van der Waals surface area contributed by atoms with Crippen molar-refractivity contribution < 1.29 is 4.79 Å². The molecule has 1 amide bonds. The fourth-order valence-corrected chi connectivity index (χ4v) is 4.93. The second-order valence-electron chi connectivity index (χ2n) is 8.29. The highest BCUT2D eigenvalue weighted by Crippen LogP contribution is 2.25. The lowest BCUT2D eigenvalue weighted by Crippen LogP contribution is -2.48. The van der Waals surface area contributed by atoms with Gasteiger partial charge in [-0.2, -0.15) is 0 Å². The molecular weight excluding hydrogens is 322 g/mol. The van der Waals surface area contributed by atoms with Crippen LogP contribution in [0.4, 0.5) is 0 Å². The van der Waals surface area contributed by atoms with Gasteiger partial charge in [0.1, 0.15) is 0 Å². The number of nitrogens with one attached hydrogen (secondary N) is 1. The average Bonchev–Trinajstić information content (AvgIpc) is 2.75. The van der Waals surface area contributed by atoms with E-state index in [0.717, 1.165) is 44.6 Å². The molecule has 26 heavy (non-hydrogen) atoms. The Morgan fingerprint density at radius 2 is 1.62 bits per heavy atom. The van der Waals surface area contributed by atoms with E-state index in [9.17, 15) is 4.79 Å². The van der Waals surface area contributed by atoms with Crippen LogP contribution in [0.3, 0.4) is 0 Å². The maximum Gasteiger partial charge on any atom is 0.253 e. The summed E-state index contributed by atoms with van der Waals surface area (Å²) in [4.78, 5) is 17.6. The number of likely N-dealkylation sites (tertiary alicyclic amines) is 2. The van der Waals surface area contributed by atoms with E-state index in [1.165, 1.54) is 50.8 Å². The Kier molecular flexibility index (Phi) is 5.91. The summed E-state index contributed by atoms with van der Waals surface area (Å²) in [6.07, 6.45) is 8.86. The van der Waals surface area contributed by atoms with Crippen molar-refractivity contribution in [2.24, 2.45) is 0 Å². The minimum Gasteiger partial charge on any atom is -0.339 e. The van der Waals surface area contributed by atoms with Crippen molar-refractivity contribution >= 4 is 5.91 Å². The molecule has 1 aromatic rings. The third-order valence-electron chi connectivity index (χ3n) is 6.58. The van der Waals surface area contributed by atoms with Gasteiger partial charge in [0, 0.05) is 31.2 Å². The molecule has 3 heterocycles. The lowest BCUT2D eigenvalue weighted by atomic mass is 9.91. The smallest absolute Gasteiger partial charge is 0.253 e. The number of rotatable bonds is 3. The first-order chi connectivity index (χ1) is 12.8. The van der Waals surface area contributed by atoms with Crippen LogP contribution < -0.4 is 5.32 Å². The van der Waals surface area contributed by atoms with Crippen LogP contribution in [-0.2, 0) is 0 Å². The number of benzene rings is 1. The monoisotopic (exact) mass is 355 g/mol. The van der Waals surface area contributed by atoms with Crippen LogP contribution in [0.1, 0.15) is 66.8 Å². The molecule has 4 rings (SSSR count). The highest BCUT2D eigenvalue weighted by molar-refractivity contribution is 5.94. The first kappa shape index (κ1) is 18.0. The zero-order valence-electron chi connectivity index (χ0n) is 16.0. The van der Waals surface area contributed by atoms with Crippen LogP contribution in [0.5, 0.6) is 0 Å². The van der Waals surface area contributed by atoms with Crippen LogP contribution in [0.25, 0.3) is 0 Å². The van der Waals surface area contributed by atoms with Gasteiger partial charge in [-0.3, -0.25) is 4.79 Å². The number of hydrogen-bond acceptors (Lipinski definition) is 3. The van der Waals surface area contributed by atoms with Gasteiger partial charge < -0.3 is 15.1 Å². The zero-order chi connectivity index (χ0) is 17.8. The molecule has 0 spiro atoms. The Labute approximate surface area is 157 Å². The molecule has 0 bridgehead atoms. The molecule has 0 aromatic heterocycles. The van der Waals surface area contributed by atoms with Crippen molar-refractivity contribution in [3.8, 4) is 0 Å². The van der Waals surface area contributed by atoms with Gasteiger partial charge in [0.05, 0.1) is 0 Å². The maximum absolute atomic E-state index is 12.9. The van der Waals surface area contributed by atoms with Crippen molar-refractivity contribution in [3.05, 3.63) is 35.4 Å². The SMILES string of the molecule is O=C(c1ccc([C@@H]2CCCNC2)cc1)N1CCC(N2CCCCC2)CC1. The van der Waals surface area contributed by atoms with Gasteiger partial charge in [0.25, 0.3) is 5.91 Å². The Morgan fingerprint density at radius 3 is 2.27 bits per heavy atom. The Bertz CT molecular complexity index is 580. The van der Waals surface area contributed by atoms with Crippen LogP contribution >= 0.6 is 0 Å². The standard InChI is InChI=1S/C22H33N3O/c26-22(19-8-6-18(7-9-19)20-5-4-12-23-17-20)25-15-10-21(11-16-25)24-13-2-1-3-14-24/h6-9,20-21,23H,1-5,10-17H2/t20-/m1/s1. The van der Waals surface area contributed by atoms with E-state index in [1.807, 2.05) is 12.1 Å². The second kappa shape index (κ2) is 8.53. The molecule has 1 aromatic carbocycles. The van der Waals surface area contributed by atoms with Crippen molar-refractivity contribution in [2.75, 3.05) is 39.3 Å². The molecule has 1 atom stereocenters. The summed E-state index contributed by atoms with van der Waals surface area (Å²) in [5.41, 5.74) is 2.23. The summed E-state index contributed by atoms with van der Waals surface area (Å²) >= 11 is 0. The normalized spacial score (nSPS) is 26.0. The highest BCUT2D eigenvalue weighted by atomic mass is 16.2. The maximum atomic E-state index is 12.9. The molecule has 0 radical (unpaired) electrons. The Hall–Kier alpha value is -1.39. The number of carbonyl (C=O) groups is 1. The number of piperidine rings is 3. The van der Waals surface area contributed by atoms with Crippen molar-refractivity contribution in [3.63, 3.8) is 0 Å². The van der Waals surface area contributed by atoms with Gasteiger partial charge in [-0.1, -0.05) is 18.6 Å². The van der Waals surface area contributed by atoms with Crippen molar-refractivity contribution in [1.82, 2.24) is 15.1 Å². The van der Waals surface area contributed by atoms with E-state index in [2.05, 4.69) is 27.2 Å². The lowest BCUT2D eigenvalue weighted by molar-refractivity contribution is 0.0590. The molecule has 4 heteroatoms. The van der Waals surface area contributed by atoms with E-state index in [-0.39, 0.29) is 5.91 Å². The number of hydrogen-bond donors (Lipinski definition) is 1. The minimum atomic E-state index is 0.218. The highest BCUT2D eigenvalue weighted by Gasteiger charge is 2.28. The van der Waals surface area contributed by atoms with Gasteiger partial charge in [0.15, 0.2) is 0 Å². The molecule has 1 N–H and O–H groups in total. The van der Waals surface area contributed by atoms with Crippen molar-refractivity contribution in [2.45, 2.75) is 56.9 Å². The first-order valence-electron chi connectivity index (χ1n) is 10.7. The number of carbonyl (C=O) groups excluding carboxylic acids is 1. The summed E-state index contributed by atoms with van der Waals surface area (Å²) in [5, 5.41) is 3.47. The number of nitrogens with zero attached hydrogens (tertiary/aromatic N) is 2. The quantitative estimate of drug-likeness (QED) is 0.904. The molecule has 3 aliphatic heterocycles. The molecule has 142 valence electrons. The molecule has 0 unspecified atom stereocenters. The van der Waals surface area contributed by atoms with Gasteiger partial charge in [0.2, 0.25) is 0 Å². The topological polar surface area (TPSA) is 35.6 Å². The Morgan fingerprint density at radius 1 is 0.885 bits per heavy atom. The lowest BCUT2D eigenvalue weighted by Gasteiger charge is -2.40.